The second kappa shape index (κ2) is 7.23. The number of aryl methyl sites for hydroxylation is 2. The zero-order valence-electron chi connectivity index (χ0n) is 16.9. The number of halogens is 2. The van der Waals surface area contributed by atoms with Crippen LogP contribution in [0.15, 0.2) is 51.9 Å². The van der Waals surface area contributed by atoms with Crippen molar-refractivity contribution >= 4 is 0 Å². The van der Waals surface area contributed by atoms with E-state index in [1.807, 2.05) is 6.92 Å². The van der Waals surface area contributed by atoms with Crippen LogP contribution in [0.25, 0.3) is 28.7 Å². The Hall–Kier alpha value is -3.68. The topological polar surface area (TPSA) is 73.8 Å². The SMILES string of the molecule is Cc1ccnc(-c2nc(-n3ccc(C4CC4)nc3=O)c(-c3c(F)cc(C)cc3F)o2)c1. The third-order valence-corrected chi connectivity index (χ3v) is 5.21. The van der Waals surface area contributed by atoms with E-state index in [2.05, 4.69) is 15.0 Å². The van der Waals surface area contributed by atoms with E-state index in [9.17, 15) is 13.6 Å². The van der Waals surface area contributed by atoms with Crippen molar-refractivity contribution in [3.8, 4) is 28.7 Å². The summed E-state index contributed by atoms with van der Waals surface area (Å²) >= 11 is 0. The Balaban J connectivity index is 1.74. The quantitative estimate of drug-likeness (QED) is 0.478. The van der Waals surface area contributed by atoms with Gasteiger partial charge in [0.1, 0.15) is 17.3 Å². The normalized spacial score (nSPS) is 13.5. The first-order valence-electron chi connectivity index (χ1n) is 9.90. The first-order valence-corrected chi connectivity index (χ1v) is 9.90. The molecule has 6 nitrogen and oxygen atoms in total. The van der Waals surface area contributed by atoms with E-state index in [1.54, 1.807) is 31.3 Å². The lowest BCUT2D eigenvalue weighted by atomic mass is 10.1. The fourth-order valence-electron chi connectivity index (χ4n) is 3.50. The molecule has 0 radical (unpaired) electrons. The summed E-state index contributed by atoms with van der Waals surface area (Å²) in [5.74, 6) is -1.52. The number of nitrogens with zero attached hydrogens (tertiary/aromatic N) is 4. The molecule has 3 heterocycles. The average molecular weight is 420 g/mol. The first-order chi connectivity index (χ1) is 14.9. The van der Waals surface area contributed by atoms with Crippen LogP contribution in [0, 0.1) is 25.5 Å². The molecule has 0 spiro atoms. The van der Waals surface area contributed by atoms with Crippen LogP contribution in [0.2, 0.25) is 0 Å². The molecule has 0 unspecified atom stereocenters. The molecule has 0 amide bonds. The summed E-state index contributed by atoms with van der Waals surface area (Å²) in [6.45, 7) is 3.46. The molecule has 5 rings (SSSR count). The maximum Gasteiger partial charge on any atom is 0.353 e. The highest BCUT2D eigenvalue weighted by Crippen LogP contribution is 2.39. The van der Waals surface area contributed by atoms with Gasteiger partial charge in [-0.15, -0.1) is 0 Å². The number of hydrogen-bond acceptors (Lipinski definition) is 5. The van der Waals surface area contributed by atoms with E-state index in [0.29, 0.717) is 17.0 Å². The predicted octanol–water partition coefficient (Wildman–Crippen LogP) is 4.72. The fourth-order valence-corrected chi connectivity index (χ4v) is 3.50. The summed E-state index contributed by atoms with van der Waals surface area (Å²) in [7, 11) is 0. The van der Waals surface area contributed by atoms with Crippen molar-refractivity contribution in [2.45, 2.75) is 32.6 Å². The largest absolute Gasteiger partial charge is 0.432 e. The number of rotatable bonds is 4. The number of pyridine rings is 1. The van der Waals surface area contributed by atoms with Crippen molar-refractivity contribution in [1.29, 1.82) is 0 Å². The number of aromatic nitrogens is 4. The molecule has 3 aromatic heterocycles. The minimum absolute atomic E-state index is 0.0418. The van der Waals surface area contributed by atoms with Crippen LogP contribution in [0.3, 0.4) is 0 Å². The molecule has 156 valence electrons. The maximum atomic E-state index is 14.8. The maximum absolute atomic E-state index is 14.8. The van der Waals surface area contributed by atoms with Gasteiger partial charge in [0.25, 0.3) is 0 Å². The molecule has 31 heavy (non-hydrogen) atoms. The van der Waals surface area contributed by atoms with Crippen LogP contribution in [0.4, 0.5) is 8.78 Å². The van der Waals surface area contributed by atoms with Gasteiger partial charge in [0.2, 0.25) is 5.89 Å². The molecule has 4 aromatic rings. The Morgan fingerprint density at radius 3 is 2.42 bits per heavy atom. The smallest absolute Gasteiger partial charge is 0.353 e. The number of hydrogen-bond donors (Lipinski definition) is 0. The molecule has 0 bridgehead atoms. The van der Waals surface area contributed by atoms with Crippen molar-refractivity contribution < 1.29 is 13.2 Å². The second-order valence-electron chi connectivity index (χ2n) is 7.77. The van der Waals surface area contributed by atoms with Gasteiger partial charge in [-0.2, -0.15) is 9.97 Å². The third kappa shape index (κ3) is 3.54. The highest BCUT2D eigenvalue weighted by atomic mass is 19.1. The molecule has 8 heteroatoms. The van der Waals surface area contributed by atoms with Gasteiger partial charge < -0.3 is 4.42 Å². The molecule has 0 atom stereocenters. The molecule has 1 saturated carbocycles. The molecule has 0 saturated heterocycles. The third-order valence-electron chi connectivity index (χ3n) is 5.21. The zero-order valence-corrected chi connectivity index (χ0v) is 16.9. The zero-order chi connectivity index (χ0) is 21.7. The summed E-state index contributed by atoms with van der Waals surface area (Å²) in [4.78, 5) is 25.5. The first kappa shape index (κ1) is 19.3. The fraction of sp³-hybridized carbons (Fsp3) is 0.217. The second-order valence-corrected chi connectivity index (χ2v) is 7.77. The Kier molecular flexibility index (Phi) is 4.50. The van der Waals surface area contributed by atoms with E-state index in [4.69, 9.17) is 4.42 Å². The highest BCUT2D eigenvalue weighted by molar-refractivity contribution is 5.69. The molecule has 1 aliphatic rings. The summed E-state index contributed by atoms with van der Waals surface area (Å²) in [6, 6.07) is 7.67. The van der Waals surface area contributed by atoms with Gasteiger partial charge in [-0.3, -0.25) is 4.98 Å². The molecule has 1 aliphatic carbocycles. The van der Waals surface area contributed by atoms with Crippen molar-refractivity contribution in [2.24, 2.45) is 0 Å². The van der Waals surface area contributed by atoms with Crippen LogP contribution in [-0.2, 0) is 0 Å². The summed E-state index contributed by atoms with van der Waals surface area (Å²) in [6.07, 6.45) is 5.09. The Labute approximate surface area is 176 Å². The average Bonchev–Trinajstić information content (AvgIpc) is 3.48. The Morgan fingerprint density at radius 2 is 1.77 bits per heavy atom. The minimum atomic E-state index is -0.811. The minimum Gasteiger partial charge on any atom is -0.432 e. The van der Waals surface area contributed by atoms with Crippen LogP contribution in [0.1, 0.15) is 35.6 Å². The molecular formula is C23H18F2N4O2. The lowest BCUT2D eigenvalue weighted by Gasteiger charge is -2.07. The van der Waals surface area contributed by atoms with Crippen molar-refractivity contribution in [1.82, 2.24) is 19.5 Å². The molecule has 0 aliphatic heterocycles. The Morgan fingerprint density at radius 1 is 1.03 bits per heavy atom. The van der Waals surface area contributed by atoms with Crippen LogP contribution in [0.5, 0.6) is 0 Å². The lowest BCUT2D eigenvalue weighted by molar-refractivity contribution is 0.549. The monoisotopic (exact) mass is 420 g/mol. The Bertz CT molecular complexity index is 1350. The van der Waals surface area contributed by atoms with Crippen molar-refractivity contribution in [3.63, 3.8) is 0 Å². The summed E-state index contributed by atoms with van der Waals surface area (Å²) < 4.78 is 36.5. The molecule has 1 aromatic carbocycles. The standard InChI is InChI=1S/C23H18F2N4O2/c1-12-5-7-26-18(11-12)22-28-21(29-8-6-17(14-3-4-14)27-23(29)30)20(31-22)19-15(24)9-13(2)10-16(19)25/h5-11,14H,3-4H2,1-2H3. The van der Waals surface area contributed by atoms with E-state index in [-0.39, 0.29) is 23.4 Å². The van der Waals surface area contributed by atoms with Gasteiger partial charge in [-0.1, -0.05) is 0 Å². The van der Waals surface area contributed by atoms with Gasteiger partial charge in [-0.25, -0.2) is 18.1 Å². The summed E-state index contributed by atoms with van der Waals surface area (Å²) in [5.41, 5.74) is 1.44. The van der Waals surface area contributed by atoms with Gasteiger partial charge in [0.15, 0.2) is 11.6 Å². The van der Waals surface area contributed by atoms with Gasteiger partial charge in [-0.05, 0) is 68.1 Å². The van der Waals surface area contributed by atoms with Gasteiger partial charge in [0.05, 0.1) is 11.3 Å². The summed E-state index contributed by atoms with van der Waals surface area (Å²) in [5, 5.41) is 0. The van der Waals surface area contributed by atoms with Crippen molar-refractivity contribution in [3.05, 3.63) is 81.7 Å². The van der Waals surface area contributed by atoms with E-state index in [1.165, 1.54) is 18.3 Å². The molecular weight excluding hydrogens is 402 g/mol. The van der Waals surface area contributed by atoms with E-state index >= 15 is 0 Å². The number of oxazole rings is 1. The molecule has 1 fully saturated rings. The van der Waals surface area contributed by atoms with Crippen LogP contribution in [-0.4, -0.2) is 19.5 Å². The molecule has 0 N–H and O–H groups in total. The number of benzene rings is 1. The highest BCUT2D eigenvalue weighted by Gasteiger charge is 2.28. The van der Waals surface area contributed by atoms with Gasteiger partial charge >= 0.3 is 5.69 Å². The van der Waals surface area contributed by atoms with Crippen LogP contribution >= 0.6 is 0 Å². The van der Waals surface area contributed by atoms with Crippen molar-refractivity contribution in [2.75, 3.05) is 0 Å². The lowest BCUT2D eigenvalue weighted by Crippen LogP contribution is -2.22. The van der Waals surface area contributed by atoms with Crippen LogP contribution < -0.4 is 5.69 Å². The van der Waals surface area contributed by atoms with E-state index < -0.39 is 22.9 Å². The van der Waals surface area contributed by atoms with E-state index in [0.717, 1.165) is 23.0 Å². The predicted molar refractivity (Wildman–Crippen MR) is 110 cm³/mol. The van der Waals surface area contributed by atoms with Gasteiger partial charge in [0, 0.05) is 18.3 Å².